The number of rotatable bonds is 8. The Morgan fingerprint density at radius 1 is 1.35 bits per heavy atom. The number of hydrogen-bond donors (Lipinski definition) is 1. The molecule has 17 heavy (non-hydrogen) atoms. The molecule has 0 spiro atoms. The lowest BCUT2D eigenvalue weighted by Crippen LogP contribution is -2.16. The van der Waals surface area contributed by atoms with Crippen LogP contribution < -0.4 is 0 Å². The van der Waals surface area contributed by atoms with Crippen molar-refractivity contribution < 1.29 is 9.84 Å². The molecule has 1 rings (SSSR count). The summed E-state index contributed by atoms with van der Waals surface area (Å²) >= 11 is 0. The molecular weight excluding hydrogens is 212 g/mol. The van der Waals surface area contributed by atoms with Crippen molar-refractivity contribution in [3.8, 4) is 0 Å². The van der Waals surface area contributed by atoms with Crippen molar-refractivity contribution in [2.24, 2.45) is 5.92 Å². The Morgan fingerprint density at radius 3 is 2.71 bits per heavy atom. The van der Waals surface area contributed by atoms with Gasteiger partial charge in [0, 0.05) is 6.61 Å². The van der Waals surface area contributed by atoms with Crippen LogP contribution in [0.5, 0.6) is 0 Å². The second-order valence-corrected chi connectivity index (χ2v) is 4.34. The van der Waals surface area contributed by atoms with Gasteiger partial charge in [-0.25, -0.2) is 0 Å². The van der Waals surface area contributed by atoms with E-state index in [4.69, 9.17) is 4.74 Å². The molecule has 2 nitrogen and oxygen atoms in total. The molecule has 0 aromatic heterocycles. The zero-order chi connectivity index (χ0) is 12.5. The quantitative estimate of drug-likeness (QED) is 0.553. The SMILES string of the molecule is C=C[C@H](C)[C@H](O)CCCOCc1ccccc1. The van der Waals surface area contributed by atoms with Crippen LogP contribution in [0.25, 0.3) is 0 Å². The van der Waals surface area contributed by atoms with Gasteiger partial charge in [-0.1, -0.05) is 43.3 Å². The fraction of sp³-hybridized carbons (Fsp3) is 0.467. The highest BCUT2D eigenvalue weighted by Crippen LogP contribution is 2.10. The number of aliphatic hydroxyl groups excluding tert-OH is 1. The molecule has 2 atom stereocenters. The molecule has 0 radical (unpaired) electrons. The van der Waals surface area contributed by atoms with E-state index < -0.39 is 0 Å². The van der Waals surface area contributed by atoms with Crippen LogP contribution in [0.4, 0.5) is 0 Å². The van der Waals surface area contributed by atoms with E-state index in [1.54, 1.807) is 6.08 Å². The lowest BCUT2D eigenvalue weighted by Gasteiger charge is -2.14. The Hall–Kier alpha value is -1.12. The maximum atomic E-state index is 9.71. The standard InChI is InChI=1S/C15H22O2/c1-3-13(2)15(16)10-7-11-17-12-14-8-5-4-6-9-14/h3-6,8-9,13,15-16H,1,7,10-12H2,2H3/t13-,15+/m0/s1. The molecule has 0 saturated carbocycles. The summed E-state index contributed by atoms with van der Waals surface area (Å²) in [4.78, 5) is 0. The molecule has 0 aliphatic rings. The summed E-state index contributed by atoms with van der Waals surface area (Å²) in [6.07, 6.45) is 3.14. The van der Waals surface area contributed by atoms with Crippen LogP contribution in [0.1, 0.15) is 25.3 Å². The molecule has 1 aromatic carbocycles. The van der Waals surface area contributed by atoms with Crippen molar-refractivity contribution >= 4 is 0 Å². The van der Waals surface area contributed by atoms with E-state index in [-0.39, 0.29) is 12.0 Å². The van der Waals surface area contributed by atoms with Crippen LogP contribution in [0, 0.1) is 5.92 Å². The Balaban J connectivity index is 2.07. The topological polar surface area (TPSA) is 29.5 Å². The van der Waals surface area contributed by atoms with Crippen LogP contribution in [0.15, 0.2) is 43.0 Å². The predicted octanol–water partition coefficient (Wildman–Crippen LogP) is 3.17. The Labute approximate surface area is 104 Å². The third kappa shape index (κ3) is 5.66. The van der Waals surface area contributed by atoms with E-state index in [0.717, 1.165) is 12.8 Å². The number of aliphatic hydroxyl groups is 1. The van der Waals surface area contributed by atoms with E-state index in [2.05, 4.69) is 18.7 Å². The predicted molar refractivity (Wildman–Crippen MR) is 70.7 cm³/mol. The minimum absolute atomic E-state index is 0.157. The molecule has 0 unspecified atom stereocenters. The Morgan fingerprint density at radius 2 is 2.06 bits per heavy atom. The minimum atomic E-state index is -0.298. The highest BCUT2D eigenvalue weighted by Gasteiger charge is 2.09. The van der Waals surface area contributed by atoms with E-state index in [9.17, 15) is 5.11 Å². The lowest BCUT2D eigenvalue weighted by molar-refractivity contribution is 0.0853. The average molecular weight is 234 g/mol. The lowest BCUT2D eigenvalue weighted by atomic mass is 10.0. The second kappa shape index (κ2) is 8.04. The van der Waals surface area contributed by atoms with Gasteiger partial charge in [0.05, 0.1) is 12.7 Å². The molecular formula is C15H22O2. The van der Waals surface area contributed by atoms with Crippen LogP contribution in [-0.4, -0.2) is 17.8 Å². The highest BCUT2D eigenvalue weighted by molar-refractivity contribution is 5.13. The van der Waals surface area contributed by atoms with Gasteiger partial charge in [0.1, 0.15) is 0 Å². The summed E-state index contributed by atoms with van der Waals surface area (Å²) in [5, 5.41) is 9.71. The van der Waals surface area contributed by atoms with Gasteiger partial charge in [0.25, 0.3) is 0 Å². The van der Waals surface area contributed by atoms with E-state index in [1.165, 1.54) is 5.56 Å². The summed E-state index contributed by atoms with van der Waals surface area (Å²) in [6, 6.07) is 10.1. The van der Waals surface area contributed by atoms with E-state index in [1.807, 2.05) is 25.1 Å². The molecule has 0 heterocycles. The maximum Gasteiger partial charge on any atom is 0.0716 e. The Bertz CT molecular complexity index is 308. The molecule has 0 fully saturated rings. The molecule has 1 N–H and O–H groups in total. The normalized spacial score (nSPS) is 14.2. The third-order valence-electron chi connectivity index (χ3n) is 2.88. The first kappa shape index (κ1) is 13.9. The first-order chi connectivity index (χ1) is 8.24. The zero-order valence-corrected chi connectivity index (χ0v) is 10.5. The van der Waals surface area contributed by atoms with Crippen molar-refractivity contribution in [3.05, 3.63) is 48.6 Å². The fourth-order valence-corrected chi connectivity index (χ4v) is 1.58. The van der Waals surface area contributed by atoms with Crippen molar-refractivity contribution in [1.29, 1.82) is 0 Å². The molecule has 0 aliphatic carbocycles. The molecule has 2 heteroatoms. The average Bonchev–Trinajstić information content (AvgIpc) is 2.38. The molecule has 94 valence electrons. The number of ether oxygens (including phenoxy) is 1. The monoisotopic (exact) mass is 234 g/mol. The van der Waals surface area contributed by atoms with Crippen LogP contribution >= 0.6 is 0 Å². The zero-order valence-electron chi connectivity index (χ0n) is 10.5. The molecule has 1 aromatic rings. The van der Waals surface area contributed by atoms with Crippen LogP contribution in [0.2, 0.25) is 0 Å². The molecule has 0 saturated heterocycles. The molecule has 0 bridgehead atoms. The van der Waals surface area contributed by atoms with Gasteiger partial charge < -0.3 is 9.84 Å². The van der Waals surface area contributed by atoms with Crippen LogP contribution in [0.3, 0.4) is 0 Å². The maximum absolute atomic E-state index is 9.71. The number of benzene rings is 1. The van der Waals surface area contributed by atoms with E-state index in [0.29, 0.717) is 13.2 Å². The Kier molecular flexibility index (Phi) is 6.60. The minimum Gasteiger partial charge on any atom is -0.393 e. The third-order valence-corrected chi connectivity index (χ3v) is 2.88. The van der Waals surface area contributed by atoms with Gasteiger partial charge in [-0.3, -0.25) is 0 Å². The smallest absolute Gasteiger partial charge is 0.0716 e. The first-order valence-corrected chi connectivity index (χ1v) is 6.16. The second-order valence-electron chi connectivity index (χ2n) is 4.34. The highest BCUT2D eigenvalue weighted by atomic mass is 16.5. The van der Waals surface area contributed by atoms with Crippen molar-refractivity contribution in [2.75, 3.05) is 6.61 Å². The van der Waals surface area contributed by atoms with Crippen LogP contribution in [-0.2, 0) is 11.3 Å². The van der Waals surface area contributed by atoms with Gasteiger partial charge in [0.2, 0.25) is 0 Å². The summed E-state index contributed by atoms with van der Waals surface area (Å²) in [5.41, 5.74) is 1.19. The summed E-state index contributed by atoms with van der Waals surface area (Å²) < 4.78 is 5.55. The van der Waals surface area contributed by atoms with Gasteiger partial charge >= 0.3 is 0 Å². The largest absolute Gasteiger partial charge is 0.393 e. The first-order valence-electron chi connectivity index (χ1n) is 6.16. The van der Waals surface area contributed by atoms with Crippen molar-refractivity contribution in [3.63, 3.8) is 0 Å². The van der Waals surface area contributed by atoms with E-state index >= 15 is 0 Å². The molecule has 0 aliphatic heterocycles. The van der Waals surface area contributed by atoms with Gasteiger partial charge in [-0.15, -0.1) is 6.58 Å². The van der Waals surface area contributed by atoms with Crippen molar-refractivity contribution in [2.45, 2.75) is 32.5 Å². The van der Waals surface area contributed by atoms with Gasteiger partial charge in [-0.2, -0.15) is 0 Å². The van der Waals surface area contributed by atoms with Gasteiger partial charge in [0.15, 0.2) is 0 Å². The van der Waals surface area contributed by atoms with Crippen molar-refractivity contribution in [1.82, 2.24) is 0 Å². The summed E-state index contributed by atoms with van der Waals surface area (Å²) in [6.45, 7) is 6.99. The fourth-order valence-electron chi connectivity index (χ4n) is 1.58. The summed E-state index contributed by atoms with van der Waals surface area (Å²) in [5.74, 6) is 0.157. The van der Waals surface area contributed by atoms with Gasteiger partial charge in [-0.05, 0) is 24.3 Å². The number of hydrogen-bond acceptors (Lipinski definition) is 2. The molecule has 0 amide bonds. The summed E-state index contributed by atoms with van der Waals surface area (Å²) in [7, 11) is 0.